The van der Waals surface area contributed by atoms with Crippen molar-refractivity contribution in [2.24, 2.45) is 7.05 Å². The molecule has 0 saturated heterocycles. The van der Waals surface area contributed by atoms with Crippen LogP contribution in [0.1, 0.15) is 20.9 Å². The minimum Gasteiger partial charge on any atom is -0.454 e. The second-order valence-electron chi connectivity index (χ2n) is 6.00. The van der Waals surface area contributed by atoms with Gasteiger partial charge in [-0.3, -0.25) is 4.98 Å². The van der Waals surface area contributed by atoms with E-state index in [0.717, 1.165) is 44.5 Å². The van der Waals surface area contributed by atoms with E-state index in [0.29, 0.717) is 5.56 Å². The SMILES string of the molecule is [2H]C([2H])([2H])c1ccc(-c2cc3c(cc2C)oc2cnc(C)cc23)[n+](C)c1. The lowest BCUT2D eigenvalue weighted by molar-refractivity contribution is -0.660. The van der Waals surface area contributed by atoms with E-state index >= 15 is 0 Å². The number of fused-ring (bicyclic) bond motifs is 3. The fraction of sp³-hybridized carbons (Fsp3) is 0.200. The monoisotopic (exact) mass is 306 g/mol. The van der Waals surface area contributed by atoms with Crippen LogP contribution in [0.5, 0.6) is 0 Å². The highest BCUT2D eigenvalue weighted by molar-refractivity contribution is 6.06. The van der Waals surface area contributed by atoms with Crippen LogP contribution < -0.4 is 4.57 Å². The number of aryl methyl sites for hydroxylation is 4. The first kappa shape index (κ1) is 10.9. The van der Waals surface area contributed by atoms with E-state index in [4.69, 9.17) is 8.53 Å². The van der Waals surface area contributed by atoms with Gasteiger partial charge in [-0.25, -0.2) is 4.57 Å². The number of benzene rings is 1. The van der Waals surface area contributed by atoms with Crippen molar-refractivity contribution in [3.8, 4) is 11.3 Å². The summed E-state index contributed by atoms with van der Waals surface area (Å²) >= 11 is 0. The van der Waals surface area contributed by atoms with E-state index in [1.165, 1.54) is 0 Å². The molecule has 3 heteroatoms. The van der Waals surface area contributed by atoms with Gasteiger partial charge in [-0.15, -0.1) is 0 Å². The first-order valence-electron chi connectivity index (χ1n) is 9.04. The average Bonchev–Trinajstić information content (AvgIpc) is 2.90. The van der Waals surface area contributed by atoms with Crippen LogP contribution in [0.25, 0.3) is 33.2 Å². The minimum absolute atomic E-state index is 0.331. The Morgan fingerprint density at radius 1 is 1.09 bits per heavy atom. The molecular formula is C20H19N2O+. The van der Waals surface area contributed by atoms with Crippen LogP contribution in [0.2, 0.25) is 0 Å². The smallest absolute Gasteiger partial charge is 0.212 e. The number of nitrogens with zero attached hydrogens (tertiary/aromatic N) is 2. The molecule has 0 saturated carbocycles. The molecule has 3 aromatic heterocycles. The fourth-order valence-electron chi connectivity index (χ4n) is 3.10. The van der Waals surface area contributed by atoms with Crippen LogP contribution in [-0.2, 0) is 7.05 Å². The number of aromatic nitrogens is 2. The van der Waals surface area contributed by atoms with Crippen molar-refractivity contribution in [3.05, 3.63) is 59.5 Å². The predicted molar refractivity (Wildman–Crippen MR) is 92.3 cm³/mol. The molecule has 23 heavy (non-hydrogen) atoms. The van der Waals surface area contributed by atoms with E-state index < -0.39 is 6.85 Å². The molecule has 0 atom stereocenters. The van der Waals surface area contributed by atoms with Gasteiger partial charge in [0.2, 0.25) is 5.69 Å². The zero-order valence-electron chi connectivity index (χ0n) is 16.3. The van der Waals surface area contributed by atoms with E-state index in [1.807, 2.05) is 43.7 Å². The topological polar surface area (TPSA) is 29.9 Å². The number of rotatable bonds is 1. The lowest BCUT2D eigenvalue weighted by Crippen LogP contribution is -2.31. The normalized spacial score (nSPS) is 14.0. The molecule has 0 aliphatic carbocycles. The van der Waals surface area contributed by atoms with Gasteiger partial charge in [-0.1, -0.05) is 0 Å². The van der Waals surface area contributed by atoms with Crippen molar-refractivity contribution in [3.63, 3.8) is 0 Å². The molecule has 4 aromatic rings. The van der Waals surface area contributed by atoms with Gasteiger partial charge < -0.3 is 4.42 Å². The molecule has 0 aliphatic heterocycles. The number of furan rings is 1. The maximum Gasteiger partial charge on any atom is 0.212 e. The first-order valence-corrected chi connectivity index (χ1v) is 7.54. The molecule has 0 aliphatic rings. The summed E-state index contributed by atoms with van der Waals surface area (Å²) in [5, 5.41) is 2.07. The summed E-state index contributed by atoms with van der Waals surface area (Å²) < 4.78 is 30.6. The Morgan fingerprint density at radius 2 is 1.91 bits per heavy atom. The highest BCUT2D eigenvalue weighted by Crippen LogP contribution is 2.33. The molecule has 0 fully saturated rings. The van der Waals surface area contributed by atoms with Gasteiger partial charge in [-0.2, -0.15) is 0 Å². The molecule has 4 rings (SSSR count). The molecule has 0 spiro atoms. The van der Waals surface area contributed by atoms with Gasteiger partial charge in [0.1, 0.15) is 12.6 Å². The molecule has 0 bridgehead atoms. The van der Waals surface area contributed by atoms with Gasteiger partial charge >= 0.3 is 0 Å². The Hall–Kier alpha value is -2.68. The van der Waals surface area contributed by atoms with E-state index in [9.17, 15) is 0 Å². The Morgan fingerprint density at radius 3 is 2.70 bits per heavy atom. The van der Waals surface area contributed by atoms with Crippen LogP contribution in [0.4, 0.5) is 0 Å². The van der Waals surface area contributed by atoms with Gasteiger partial charge in [0.05, 0.1) is 6.20 Å². The Balaban J connectivity index is 1.95. The van der Waals surface area contributed by atoms with Gasteiger partial charge in [-0.05, 0) is 50.5 Å². The van der Waals surface area contributed by atoms with Gasteiger partial charge in [0, 0.05) is 37.8 Å². The summed E-state index contributed by atoms with van der Waals surface area (Å²) in [6.07, 6.45) is 3.43. The third-order valence-electron chi connectivity index (χ3n) is 4.25. The van der Waals surface area contributed by atoms with E-state index in [1.54, 1.807) is 18.5 Å². The number of hydrogen-bond donors (Lipinski definition) is 0. The third-order valence-corrected chi connectivity index (χ3v) is 4.25. The lowest BCUT2D eigenvalue weighted by atomic mass is 10.0. The van der Waals surface area contributed by atoms with Crippen molar-refractivity contribution in [1.29, 1.82) is 0 Å². The molecule has 1 aromatic carbocycles. The second kappa shape index (κ2) is 4.92. The molecule has 3 heterocycles. The van der Waals surface area contributed by atoms with E-state index in [-0.39, 0.29) is 0 Å². The summed E-state index contributed by atoms with van der Waals surface area (Å²) in [4.78, 5) is 4.30. The molecule has 3 nitrogen and oxygen atoms in total. The summed E-state index contributed by atoms with van der Waals surface area (Å²) in [5.74, 6) is 0. The first-order chi connectivity index (χ1) is 12.2. The zero-order chi connectivity index (χ0) is 18.6. The Kier molecular flexibility index (Phi) is 2.34. The highest BCUT2D eigenvalue weighted by Gasteiger charge is 2.16. The van der Waals surface area contributed by atoms with Gasteiger partial charge in [0.15, 0.2) is 11.8 Å². The van der Waals surface area contributed by atoms with Crippen molar-refractivity contribution in [2.75, 3.05) is 0 Å². The fourth-order valence-corrected chi connectivity index (χ4v) is 3.10. The summed E-state index contributed by atoms with van der Waals surface area (Å²) in [5.41, 5.74) is 5.94. The Labute approximate surface area is 139 Å². The largest absolute Gasteiger partial charge is 0.454 e. The van der Waals surface area contributed by atoms with Crippen LogP contribution in [0.15, 0.2) is 47.1 Å². The zero-order valence-corrected chi connectivity index (χ0v) is 13.3. The Bertz CT molecular complexity index is 1160. The average molecular weight is 306 g/mol. The standard InChI is InChI=1S/C20H19N2O/c1-12-5-6-18(22(4)11-12)15-9-17-16-8-14(3)21-10-20(16)23-19(17)7-13(15)2/h5-11H,1-4H3/q+1/i1D3. The van der Waals surface area contributed by atoms with Crippen LogP contribution in [-0.4, -0.2) is 4.98 Å². The van der Waals surface area contributed by atoms with E-state index in [2.05, 4.69) is 11.1 Å². The maximum atomic E-state index is 7.59. The number of pyridine rings is 2. The molecular weight excluding hydrogens is 284 g/mol. The maximum absolute atomic E-state index is 7.59. The predicted octanol–water partition coefficient (Wildman–Crippen LogP) is 4.40. The van der Waals surface area contributed by atoms with Crippen molar-refractivity contribution < 1.29 is 13.1 Å². The molecule has 0 radical (unpaired) electrons. The molecule has 0 N–H and O–H groups in total. The third kappa shape index (κ3) is 2.20. The molecule has 114 valence electrons. The minimum atomic E-state index is -2.11. The molecule has 0 amide bonds. The quantitative estimate of drug-likeness (QED) is 0.488. The van der Waals surface area contributed by atoms with Crippen molar-refractivity contribution >= 4 is 21.9 Å². The van der Waals surface area contributed by atoms with Crippen LogP contribution in [0, 0.1) is 20.7 Å². The second-order valence-corrected chi connectivity index (χ2v) is 6.00. The van der Waals surface area contributed by atoms with Gasteiger partial charge in [0.25, 0.3) is 0 Å². The van der Waals surface area contributed by atoms with Crippen molar-refractivity contribution in [2.45, 2.75) is 20.7 Å². The number of hydrogen-bond acceptors (Lipinski definition) is 2. The molecule has 0 unspecified atom stereocenters. The van der Waals surface area contributed by atoms with Crippen molar-refractivity contribution in [1.82, 2.24) is 4.98 Å². The summed E-state index contributed by atoms with van der Waals surface area (Å²) in [7, 11) is 1.87. The summed E-state index contributed by atoms with van der Waals surface area (Å²) in [6.45, 7) is 1.88. The van der Waals surface area contributed by atoms with Crippen LogP contribution in [0.3, 0.4) is 0 Å². The highest BCUT2D eigenvalue weighted by atomic mass is 16.3. The van der Waals surface area contributed by atoms with Crippen LogP contribution >= 0.6 is 0 Å². The summed E-state index contributed by atoms with van der Waals surface area (Å²) in [6, 6.07) is 9.70. The lowest BCUT2D eigenvalue weighted by Gasteiger charge is -2.05.